The Balaban J connectivity index is 0.00000264. The Bertz CT molecular complexity index is 541. The minimum atomic E-state index is -0.604. The van der Waals surface area contributed by atoms with E-state index in [1.807, 2.05) is 0 Å². The molecule has 0 saturated heterocycles. The van der Waals surface area contributed by atoms with Crippen molar-refractivity contribution in [3.8, 4) is 0 Å². The number of amides is 1. The minimum absolute atomic E-state index is 0. The van der Waals surface area contributed by atoms with Crippen molar-refractivity contribution in [1.29, 1.82) is 0 Å². The molecule has 0 aromatic heterocycles. The van der Waals surface area contributed by atoms with Crippen molar-refractivity contribution in [1.82, 2.24) is 5.32 Å². The third-order valence-electron chi connectivity index (χ3n) is 4.19. The fraction of sp³-hybridized carbons (Fsp3) is 0.611. The van der Waals surface area contributed by atoms with E-state index in [9.17, 15) is 14.9 Å². The van der Waals surface area contributed by atoms with Crippen LogP contribution in [-0.4, -0.2) is 17.4 Å². The van der Waals surface area contributed by atoms with E-state index in [1.165, 1.54) is 44.2 Å². The van der Waals surface area contributed by atoms with Crippen LogP contribution in [0.3, 0.4) is 0 Å². The SMILES string of the molecule is C.C.O=C(NCC1CCCCCCC1)c1cccc(Cl)c1[N+](=O)[O-]. The van der Waals surface area contributed by atoms with E-state index >= 15 is 0 Å². The number of carbonyl (C=O) groups is 1. The van der Waals surface area contributed by atoms with Gasteiger partial charge in [0.25, 0.3) is 5.91 Å². The van der Waals surface area contributed by atoms with Gasteiger partial charge in [-0.3, -0.25) is 14.9 Å². The number of nitro benzene ring substituents is 1. The third-order valence-corrected chi connectivity index (χ3v) is 4.50. The zero-order chi connectivity index (χ0) is 15.9. The predicted molar refractivity (Wildman–Crippen MR) is 99.7 cm³/mol. The molecule has 1 aromatic rings. The second kappa shape index (κ2) is 11.0. The van der Waals surface area contributed by atoms with Crippen molar-refractivity contribution >= 4 is 23.2 Å². The van der Waals surface area contributed by atoms with Crippen LogP contribution in [0.15, 0.2) is 18.2 Å². The fourth-order valence-corrected chi connectivity index (χ4v) is 3.20. The van der Waals surface area contributed by atoms with Gasteiger partial charge in [0, 0.05) is 6.54 Å². The highest BCUT2D eigenvalue weighted by atomic mass is 35.5. The number of nitro groups is 1. The standard InChI is InChI=1S/C16H21ClN2O3.2CH4/c17-14-10-6-9-13(15(14)19(21)22)16(20)18-11-12-7-4-2-1-3-5-8-12;;/h6,9-10,12H,1-5,7-8,11H2,(H,18,20);2*1H4. The summed E-state index contributed by atoms with van der Waals surface area (Å²) in [5.41, 5.74) is -0.289. The van der Waals surface area contributed by atoms with E-state index in [-0.39, 0.29) is 31.1 Å². The minimum Gasteiger partial charge on any atom is -0.352 e. The van der Waals surface area contributed by atoms with Crippen molar-refractivity contribution in [2.45, 2.75) is 59.8 Å². The molecule has 1 aliphatic rings. The lowest BCUT2D eigenvalue weighted by Gasteiger charge is -2.20. The molecule has 0 aliphatic heterocycles. The van der Waals surface area contributed by atoms with Crippen LogP contribution in [0.2, 0.25) is 5.02 Å². The first-order valence-electron chi connectivity index (χ1n) is 7.80. The normalized spacial score (nSPS) is 15.2. The highest BCUT2D eigenvalue weighted by Gasteiger charge is 2.24. The van der Waals surface area contributed by atoms with Crippen LogP contribution < -0.4 is 5.32 Å². The average molecular weight is 357 g/mol. The van der Waals surface area contributed by atoms with Crippen molar-refractivity contribution in [3.05, 3.63) is 38.9 Å². The smallest absolute Gasteiger partial charge is 0.300 e. The monoisotopic (exact) mass is 356 g/mol. The quantitative estimate of drug-likeness (QED) is 0.562. The maximum atomic E-state index is 12.2. The number of carbonyl (C=O) groups excluding carboxylic acids is 1. The molecule has 24 heavy (non-hydrogen) atoms. The molecular weight excluding hydrogens is 328 g/mol. The fourth-order valence-electron chi connectivity index (χ4n) is 2.96. The molecule has 6 heteroatoms. The highest BCUT2D eigenvalue weighted by Crippen LogP contribution is 2.28. The second-order valence-corrected chi connectivity index (χ2v) is 6.22. The molecule has 0 atom stereocenters. The summed E-state index contributed by atoms with van der Waals surface area (Å²) < 4.78 is 0. The van der Waals surface area contributed by atoms with Crippen molar-refractivity contribution in [2.24, 2.45) is 5.92 Å². The third kappa shape index (κ3) is 6.11. The molecule has 0 spiro atoms. The highest BCUT2D eigenvalue weighted by molar-refractivity contribution is 6.33. The molecule has 5 nitrogen and oxygen atoms in total. The van der Waals surface area contributed by atoms with Crippen LogP contribution in [0, 0.1) is 16.0 Å². The molecule has 1 fully saturated rings. The van der Waals surface area contributed by atoms with E-state index in [0.717, 1.165) is 12.8 Å². The molecule has 0 bridgehead atoms. The molecule has 0 unspecified atom stereocenters. The lowest BCUT2D eigenvalue weighted by Crippen LogP contribution is -2.30. The zero-order valence-corrected chi connectivity index (χ0v) is 13.3. The lowest BCUT2D eigenvalue weighted by atomic mass is 9.91. The Hall–Kier alpha value is -1.62. The number of rotatable bonds is 4. The first-order valence-corrected chi connectivity index (χ1v) is 8.18. The summed E-state index contributed by atoms with van der Waals surface area (Å²) in [4.78, 5) is 22.7. The van der Waals surface area contributed by atoms with Crippen LogP contribution in [0.5, 0.6) is 0 Å². The number of hydrogen-bond acceptors (Lipinski definition) is 3. The zero-order valence-electron chi connectivity index (χ0n) is 12.5. The van der Waals surface area contributed by atoms with Crippen LogP contribution >= 0.6 is 11.6 Å². The molecule has 136 valence electrons. The molecule has 0 radical (unpaired) electrons. The molecule has 1 N–H and O–H groups in total. The summed E-state index contributed by atoms with van der Waals surface area (Å²) in [7, 11) is 0. The van der Waals surface area contributed by atoms with E-state index in [0.29, 0.717) is 12.5 Å². The topological polar surface area (TPSA) is 72.2 Å². The van der Waals surface area contributed by atoms with Crippen molar-refractivity contribution < 1.29 is 9.72 Å². The number of nitrogens with one attached hydrogen (secondary N) is 1. The molecule has 1 aromatic carbocycles. The van der Waals surface area contributed by atoms with Gasteiger partial charge < -0.3 is 5.32 Å². The van der Waals surface area contributed by atoms with Crippen LogP contribution in [0.4, 0.5) is 5.69 Å². The first-order chi connectivity index (χ1) is 10.6. The Morgan fingerprint density at radius 3 is 2.33 bits per heavy atom. The summed E-state index contributed by atoms with van der Waals surface area (Å²) in [5.74, 6) is 0.0405. The maximum absolute atomic E-state index is 12.2. The summed E-state index contributed by atoms with van der Waals surface area (Å²) in [6.45, 7) is 0.572. The summed E-state index contributed by atoms with van der Waals surface area (Å²) in [6.07, 6.45) is 8.41. The van der Waals surface area contributed by atoms with Crippen LogP contribution in [-0.2, 0) is 0 Å². The van der Waals surface area contributed by atoms with Gasteiger partial charge in [-0.1, -0.05) is 64.6 Å². The van der Waals surface area contributed by atoms with E-state index in [1.54, 1.807) is 6.07 Å². The number of hydrogen-bond donors (Lipinski definition) is 1. The number of para-hydroxylation sites is 1. The van der Waals surface area contributed by atoms with Crippen LogP contribution in [0.1, 0.15) is 70.2 Å². The summed E-state index contributed by atoms with van der Waals surface area (Å²) in [5, 5.41) is 13.9. The van der Waals surface area contributed by atoms with Gasteiger partial charge in [0.05, 0.1) is 4.92 Å². The van der Waals surface area contributed by atoms with Gasteiger partial charge in [-0.05, 0) is 30.9 Å². The van der Waals surface area contributed by atoms with Crippen molar-refractivity contribution in [2.75, 3.05) is 6.54 Å². The van der Waals surface area contributed by atoms with Crippen molar-refractivity contribution in [3.63, 3.8) is 0 Å². The second-order valence-electron chi connectivity index (χ2n) is 5.81. The van der Waals surface area contributed by atoms with Gasteiger partial charge >= 0.3 is 5.69 Å². The summed E-state index contributed by atoms with van der Waals surface area (Å²) in [6, 6.07) is 4.42. The van der Waals surface area contributed by atoms with Gasteiger partial charge in [-0.15, -0.1) is 0 Å². The maximum Gasteiger partial charge on any atom is 0.300 e. The van der Waals surface area contributed by atoms with Gasteiger partial charge in [-0.25, -0.2) is 0 Å². The molecule has 1 aliphatic carbocycles. The largest absolute Gasteiger partial charge is 0.352 e. The van der Waals surface area contributed by atoms with Crippen LogP contribution in [0.25, 0.3) is 0 Å². The molecular formula is C18H29ClN2O3. The van der Waals surface area contributed by atoms with Gasteiger partial charge in [-0.2, -0.15) is 0 Å². The van der Waals surface area contributed by atoms with E-state index < -0.39 is 10.8 Å². The van der Waals surface area contributed by atoms with E-state index in [2.05, 4.69) is 5.32 Å². The predicted octanol–water partition coefficient (Wildman–Crippen LogP) is 5.61. The molecule has 2 rings (SSSR count). The summed E-state index contributed by atoms with van der Waals surface area (Å²) >= 11 is 5.84. The number of nitrogens with zero attached hydrogens (tertiary/aromatic N) is 1. The Morgan fingerprint density at radius 1 is 1.17 bits per heavy atom. The lowest BCUT2D eigenvalue weighted by molar-refractivity contribution is -0.385. The molecule has 1 saturated carbocycles. The Morgan fingerprint density at radius 2 is 1.75 bits per heavy atom. The van der Waals surface area contributed by atoms with E-state index in [4.69, 9.17) is 11.6 Å². The first kappa shape index (κ1) is 22.4. The Labute approximate surface area is 149 Å². The molecule has 0 heterocycles. The number of benzene rings is 1. The Kier molecular flexibility index (Phi) is 10.3. The van der Waals surface area contributed by atoms with Gasteiger partial charge in [0.2, 0.25) is 0 Å². The van der Waals surface area contributed by atoms with Gasteiger partial charge in [0.1, 0.15) is 10.6 Å². The van der Waals surface area contributed by atoms with Gasteiger partial charge in [0.15, 0.2) is 0 Å². The number of halogens is 1. The average Bonchev–Trinajstić information content (AvgIpc) is 2.45. The molecule has 1 amide bonds.